The van der Waals surface area contributed by atoms with Crippen LogP contribution in [0, 0.1) is 13.8 Å². The van der Waals surface area contributed by atoms with Gasteiger partial charge < -0.3 is 5.11 Å². The molecule has 1 aromatic carbocycles. The predicted molar refractivity (Wildman–Crippen MR) is 47.4 cm³/mol. The van der Waals surface area contributed by atoms with Crippen LogP contribution in [0.15, 0.2) is 17.0 Å². The van der Waals surface area contributed by atoms with Crippen molar-refractivity contribution < 1.29 is 18.1 Å². The summed E-state index contributed by atoms with van der Waals surface area (Å²) in [5.41, 5.74) is 0.989. The standard InChI is InChI=1S/C8H10O4S/c1-5-3-6(2)8(4-7(5)9)13(10,11)12/h3-4,9H,1-2H3,(H,10,11,12). The van der Waals surface area contributed by atoms with E-state index in [2.05, 4.69) is 0 Å². The average molecular weight is 202 g/mol. The molecule has 0 saturated carbocycles. The second-order valence-electron chi connectivity index (χ2n) is 2.88. The van der Waals surface area contributed by atoms with Gasteiger partial charge in [0.2, 0.25) is 0 Å². The van der Waals surface area contributed by atoms with E-state index in [-0.39, 0.29) is 10.6 Å². The normalized spacial score (nSPS) is 11.6. The van der Waals surface area contributed by atoms with Gasteiger partial charge in [-0.25, -0.2) is 0 Å². The van der Waals surface area contributed by atoms with Crippen LogP contribution in [-0.4, -0.2) is 18.1 Å². The minimum Gasteiger partial charge on any atom is -0.508 e. The van der Waals surface area contributed by atoms with Crippen molar-refractivity contribution in [3.05, 3.63) is 23.3 Å². The molecular formula is C8H10O4S. The molecule has 0 aliphatic carbocycles. The minimum atomic E-state index is -4.23. The Balaban J connectivity index is 3.50. The number of phenolic OH excluding ortho intramolecular Hbond substituents is 1. The van der Waals surface area contributed by atoms with Crippen LogP contribution in [0.25, 0.3) is 0 Å². The smallest absolute Gasteiger partial charge is 0.294 e. The molecule has 0 aliphatic heterocycles. The largest absolute Gasteiger partial charge is 0.508 e. The Labute approximate surface area is 76.6 Å². The molecule has 0 aromatic heterocycles. The number of hydrogen-bond donors (Lipinski definition) is 2. The summed E-state index contributed by atoms with van der Waals surface area (Å²) in [6.07, 6.45) is 0. The van der Waals surface area contributed by atoms with Gasteiger partial charge in [-0.15, -0.1) is 0 Å². The topological polar surface area (TPSA) is 74.6 Å². The Morgan fingerprint density at radius 2 is 1.69 bits per heavy atom. The van der Waals surface area contributed by atoms with E-state index in [1.54, 1.807) is 13.8 Å². The van der Waals surface area contributed by atoms with Gasteiger partial charge in [0, 0.05) is 6.07 Å². The van der Waals surface area contributed by atoms with Gasteiger partial charge in [-0.1, -0.05) is 6.07 Å². The van der Waals surface area contributed by atoms with Crippen LogP contribution in [0.1, 0.15) is 11.1 Å². The van der Waals surface area contributed by atoms with Crippen molar-refractivity contribution in [1.82, 2.24) is 0 Å². The predicted octanol–water partition coefficient (Wildman–Crippen LogP) is 1.26. The van der Waals surface area contributed by atoms with Gasteiger partial charge in [0.15, 0.2) is 0 Å². The van der Waals surface area contributed by atoms with Gasteiger partial charge in [0.25, 0.3) is 10.1 Å². The lowest BCUT2D eigenvalue weighted by atomic mass is 10.1. The monoisotopic (exact) mass is 202 g/mol. The quantitative estimate of drug-likeness (QED) is 0.672. The van der Waals surface area contributed by atoms with Crippen LogP contribution < -0.4 is 0 Å². The molecule has 0 radical (unpaired) electrons. The molecule has 13 heavy (non-hydrogen) atoms. The van der Waals surface area contributed by atoms with Crippen LogP contribution in [0.3, 0.4) is 0 Å². The van der Waals surface area contributed by atoms with Crippen molar-refractivity contribution in [2.75, 3.05) is 0 Å². The van der Waals surface area contributed by atoms with E-state index >= 15 is 0 Å². The second-order valence-corrected chi connectivity index (χ2v) is 4.27. The summed E-state index contributed by atoms with van der Waals surface area (Å²) < 4.78 is 30.3. The van der Waals surface area contributed by atoms with Gasteiger partial charge in [0.05, 0.1) is 0 Å². The fourth-order valence-corrected chi connectivity index (χ4v) is 1.83. The SMILES string of the molecule is Cc1cc(C)c(S(=O)(=O)O)cc1O. The summed E-state index contributed by atoms with van der Waals surface area (Å²) >= 11 is 0. The van der Waals surface area contributed by atoms with E-state index in [1.165, 1.54) is 6.07 Å². The number of rotatable bonds is 1. The molecule has 4 nitrogen and oxygen atoms in total. The maximum atomic E-state index is 10.8. The van der Waals surface area contributed by atoms with Gasteiger partial charge in [-0.2, -0.15) is 8.42 Å². The molecule has 0 bridgehead atoms. The summed E-state index contributed by atoms with van der Waals surface area (Å²) in [7, 11) is -4.23. The maximum Gasteiger partial charge on any atom is 0.294 e. The molecule has 0 spiro atoms. The van der Waals surface area contributed by atoms with Gasteiger partial charge in [-0.3, -0.25) is 4.55 Å². The van der Waals surface area contributed by atoms with Crippen molar-refractivity contribution in [2.45, 2.75) is 18.7 Å². The summed E-state index contributed by atoms with van der Waals surface area (Å²) in [5, 5.41) is 9.21. The zero-order valence-electron chi connectivity index (χ0n) is 7.27. The van der Waals surface area contributed by atoms with E-state index < -0.39 is 10.1 Å². The molecule has 0 heterocycles. The van der Waals surface area contributed by atoms with Crippen LogP contribution in [0.4, 0.5) is 0 Å². The van der Waals surface area contributed by atoms with Crippen molar-refractivity contribution in [2.24, 2.45) is 0 Å². The number of aromatic hydroxyl groups is 1. The van der Waals surface area contributed by atoms with Gasteiger partial charge in [-0.05, 0) is 25.0 Å². The third-order valence-electron chi connectivity index (χ3n) is 1.77. The first kappa shape index (κ1) is 10.0. The van der Waals surface area contributed by atoms with Crippen LogP contribution in [-0.2, 0) is 10.1 Å². The van der Waals surface area contributed by atoms with Crippen molar-refractivity contribution in [1.29, 1.82) is 0 Å². The van der Waals surface area contributed by atoms with E-state index in [0.29, 0.717) is 11.1 Å². The molecule has 0 unspecified atom stereocenters. The maximum absolute atomic E-state index is 10.8. The average Bonchev–Trinajstić information content (AvgIpc) is 1.94. The highest BCUT2D eigenvalue weighted by molar-refractivity contribution is 7.85. The van der Waals surface area contributed by atoms with E-state index in [9.17, 15) is 13.5 Å². The lowest BCUT2D eigenvalue weighted by molar-refractivity contribution is 0.462. The Bertz CT molecular complexity index is 434. The van der Waals surface area contributed by atoms with Gasteiger partial charge in [0.1, 0.15) is 10.6 Å². The van der Waals surface area contributed by atoms with Crippen LogP contribution in [0.2, 0.25) is 0 Å². The summed E-state index contributed by atoms with van der Waals surface area (Å²) in [6.45, 7) is 3.20. The molecule has 0 fully saturated rings. The van der Waals surface area contributed by atoms with Gasteiger partial charge >= 0.3 is 0 Å². The van der Waals surface area contributed by atoms with Crippen molar-refractivity contribution >= 4 is 10.1 Å². The molecule has 1 rings (SSSR count). The molecular weight excluding hydrogens is 192 g/mol. The lowest BCUT2D eigenvalue weighted by Gasteiger charge is -2.05. The second kappa shape index (κ2) is 3.01. The van der Waals surface area contributed by atoms with E-state index in [1.807, 2.05) is 0 Å². The van der Waals surface area contributed by atoms with E-state index in [0.717, 1.165) is 6.07 Å². The lowest BCUT2D eigenvalue weighted by Crippen LogP contribution is -2.01. The van der Waals surface area contributed by atoms with Crippen LogP contribution >= 0.6 is 0 Å². The minimum absolute atomic E-state index is 0.141. The zero-order valence-corrected chi connectivity index (χ0v) is 8.09. The molecule has 0 saturated heterocycles. The fourth-order valence-electron chi connectivity index (χ4n) is 1.10. The molecule has 0 amide bonds. The van der Waals surface area contributed by atoms with Crippen molar-refractivity contribution in [3.63, 3.8) is 0 Å². The third-order valence-corrected chi connectivity index (χ3v) is 2.77. The first-order chi connectivity index (χ1) is 5.82. The Morgan fingerprint density at radius 1 is 1.15 bits per heavy atom. The number of phenols is 1. The molecule has 5 heteroatoms. The van der Waals surface area contributed by atoms with Crippen LogP contribution in [0.5, 0.6) is 5.75 Å². The summed E-state index contributed by atoms with van der Waals surface area (Å²) in [4.78, 5) is -0.254. The number of benzene rings is 1. The third kappa shape index (κ3) is 1.99. The fraction of sp³-hybridized carbons (Fsp3) is 0.250. The molecule has 2 N–H and O–H groups in total. The first-order valence-electron chi connectivity index (χ1n) is 3.60. The van der Waals surface area contributed by atoms with E-state index in [4.69, 9.17) is 4.55 Å². The molecule has 0 aliphatic rings. The molecule has 72 valence electrons. The Kier molecular flexibility index (Phi) is 2.32. The molecule has 0 atom stereocenters. The Hall–Kier alpha value is -1.07. The zero-order chi connectivity index (χ0) is 10.2. The number of hydrogen-bond acceptors (Lipinski definition) is 3. The molecule has 1 aromatic rings. The first-order valence-corrected chi connectivity index (χ1v) is 5.04. The summed E-state index contributed by atoms with van der Waals surface area (Å²) in [5.74, 6) is -0.141. The highest BCUT2D eigenvalue weighted by Crippen LogP contribution is 2.24. The highest BCUT2D eigenvalue weighted by atomic mass is 32.2. The number of aryl methyl sites for hydroxylation is 2. The highest BCUT2D eigenvalue weighted by Gasteiger charge is 2.14. The Morgan fingerprint density at radius 3 is 2.15 bits per heavy atom. The summed E-state index contributed by atoms with van der Waals surface area (Å²) in [6, 6.07) is 2.54. The van der Waals surface area contributed by atoms with Crippen molar-refractivity contribution in [3.8, 4) is 5.75 Å².